The highest BCUT2D eigenvalue weighted by Crippen LogP contribution is 2.23. The number of hydrogen-bond donors (Lipinski definition) is 3. The Bertz CT molecular complexity index is 422. The molecule has 1 amide bonds. The number of benzene rings is 1. The van der Waals surface area contributed by atoms with E-state index in [2.05, 4.69) is 17.9 Å². The number of hydrogen-bond acceptors (Lipinski definition) is 3. The summed E-state index contributed by atoms with van der Waals surface area (Å²) in [6.07, 6.45) is 3.80. The standard InChI is InChI=1S/C14H19NO2S/c16-12-7-3-1-5-10(12)9-15-14(17)11-6-2-4-8-13(11)18/h2,4,6,8,10,12,16,18H,1,3,5,7,9H2,(H,15,17). The fraction of sp³-hybridized carbons (Fsp3) is 0.500. The Hall–Kier alpha value is -1.00. The summed E-state index contributed by atoms with van der Waals surface area (Å²) in [6.45, 7) is 0.544. The predicted octanol–water partition coefficient (Wildman–Crippen LogP) is 2.26. The van der Waals surface area contributed by atoms with Crippen LogP contribution >= 0.6 is 12.6 Å². The van der Waals surface area contributed by atoms with Crippen molar-refractivity contribution in [3.63, 3.8) is 0 Å². The molecule has 4 heteroatoms. The third-order valence-electron chi connectivity index (χ3n) is 3.54. The van der Waals surface area contributed by atoms with E-state index in [1.54, 1.807) is 12.1 Å². The second-order valence-corrected chi connectivity index (χ2v) is 5.32. The van der Waals surface area contributed by atoms with Crippen molar-refractivity contribution < 1.29 is 9.90 Å². The number of rotatable bonds is 3. The second-order valence-electron chi connectivity index (χ2n) is 4.84. The predicted molar refractivity (Wildman–Crippen MR) is 74.0 cm³/mol. The fourth-order valence-electron chi connectivity index (χ4n) is 2.41. The summed E-state index contributed by atoms with van der Waals surface area (Å²) in [5, 5.41) is 12.7. The lowest BCUT2D eigenvalue weighted by atomic mass is 9.86. The van der Waals surface area contributed by atoms with Gasteiger partial charge in [-0.3, -0.25) is 4.79 Å². The van der Waals surface area contributed by atoms with Gasteiger partial charge in [-0.25, -0.2) is 0 Å². The Kier molecular flexibility index (Phi) is 4.66. The lowest BCUT2D eigenvalue weighted by Crippen LogP contribution is -2.36. The first kappa shape index (κ1) is 13.4. The van der Waals surface area contributed by atoms with E-state index in [-0.39, 0.29) is 17.9 Å². The molecule has 1 saturated carbocycles. The van der Waals surface area contributed by atoms with Crippen LogP contribution in [0.15, 0.2) is 29.2 Å². The van der Waals surface area contributed by atoms with Gasteiger partial charge in [0.25, 0.3) is 5.91 Å². The van der Waals surface area contributed by atoms with Crippen LogP contribution in [0.3, 0.4) is 0 Å². The molecule has 0 aromatic heterocycles. The van der Waals surface area contributed by atoms with Crippen LogP contribution in [0.25, 0.3) is 0 Å². The maximum absolute atomic E-state index is 12.0. The van der Waals surface area contributed by atoms with Crippen LogP contribution in [0.1, 0.15) is 36.0 Å². The average molecular weight is 265 g/mol. The highest BCUT2D eigenvalue weighted by molar-refractivity contribution is 7.80. The molecule has 98 valence electrons. The Morgan fingerprint density at radius 3 is 2.78 bits per heavy atom. The summed E-state index contributed by atoms with van der Waals surface area (Å²) in [6, 6.07) is 7.23. The normalized spacial score (nSPS) is 23.7. The summed E-state index contributed by atoms with van der Waals surface area (Å²) in [5.41, 5.74) is 0.589. The van der Waals surface area contributed by atoms with Crippen molar-refractivity contribution >= 4 is 18.5 Å². The molecule has 1 aliphatic rings. The topological polar surface area (TPSA) is 49.3 Å². The smallest absolute Gasteiger partial charge is 0.252 e. The zero-order chi connectivity index (χ0) is 13.0. The highest BCUT2D eigenvalue weighted by atomic mass is 32.1. The summed E-state index contributed by atoms with van der Waals surface area (Å²) in [7, 11) is 0. The molecule has 0 aliphatic heterocycles. The molecule has 3 nitrogen and oxygen atoms in total. The molecular weight excluding hydrogens is 246 g/mol. The number of aliphatic hydroxyl groups is 1. The van der Waals surface area contributed by atoms with Gasteiger partial charge in [0.2, 0.25) is 0 Å². The number of carbonyl (C=O) groups excluding carboxylic acids is 1. The van der Waals surface area contributed by atoms with E-state index in [9.17, 15) is 9.90 Å². The molecule has 18 heavy (non-hydrogen) atoms. The van der Waals surface area contributed by atoms with Gasteiger partial charge in [-0.05, 0) is 25.0 Å². The van der Waals surface area contributed by atoms with E-state index in [0.717, 1.165) is 25.7 Å². The number of thiol groups is 1. The number of amides is 1. The molecule has 1 aromatic rings. The van der Waals surface area contributed by atoms with E-state index < -0.39 is 0 Å². The maximum Gasteiger partial charge on any atom is 0.252 e. The zero-order valence-electron chi connectivity index (χ0n) is 10.3. The SMILES string of the molecule is O=C(NCC1CCCCC1O)c1ccccc1S. The molecule has 0 saturated heterocycles. The first-order valence-corrected chi connectivity index (χ1v) is 6.87. The van der Waals surface area contributed by atoms with Gasteiger partial charge in [-0.1, -0.05) is 25.0 Å². The van der Waals surface area contributed by atoms with Gasteiger partial charge in [0.15, 0.2) is 0 Å². The summed E-state index contributed by atoms with van der Waals surface area (Å²) < 4.78 is 0. The van der Waals surface area contributed by atoms with Gasteiger partial charge in [0.1, 0.15) is 0 Å². The van der Waals surface area contributed by atoms with Crippen molar-refractivity contribution in [2.75, 3.05) is 6.54 Å². The summed E-state index contributed by atoms with van der Waals surface area (Å²) in [5.74, 6) is 0.0770. The molecule has 1 aromatic carbocycles. The van der Waals surface area contributed by atoms with Crippen molar-refractivity contribution in [3.8, 4) is 0 Å². The van der Waals surface area contributed by atoms with E-state index in [4.69, 9.17) is 0 Å². The van der Waals surface area contributed by atoms with Crippen LogP contribution in [0.5, 0.6) is 0 Å². The molecule has 2 unspecified atom stereocenters. The third kappa shape index (κ3) is 3.27. The van der Waals surface area contributed by atoms with Gasteiger partial charge in [0.05, 0.1) is 11.7 Å². The minimum absolute atomic E-state index is 0.113. The lowest BCUT2D eigenvalue weighted by Gasteiger charge is -2.27. The first-order valence-electron chi connectivity index (χ1n) is 6.42. The Morgan fingerprint density at radius 2 is 2.06 bits per heavy atom. The van der Waals surface area contributed by atoms with Crippen LogP contribution < -0.4 is 5.32 Å². The minimum Gasteiger partial charge on any atom is -0.393 e. The molecule has 0 bridgehead atoms. The van der Waals surface area contributed by atoms with Crippen LogP contribution in [0.2, 0.25) is 0 Å². The van der Waals surface area contributed by atoms with Crippen molar-refractivity contribution in [2.24, 2.45) is 5.92 Å². The number of aliphatic hydroxyl groups excluding tert-OH is 1. The van der Waals surface area contributed by atoms with Gasteiger partial charge < -0.3 is 10.4 Å². The van der Waals surface area contributed by atoms with Crippen LogP contribution in [-0.4, -0.2) is 23.7 Å². The van der Waals surface area contributed by atoms with E-state index >= 15 is 0 Å². The molecule has 2 atom stereocenters. The molecule has 2 N–H and O–H groups in total. The quantitative estimate of drug-likeness (QED) is 0.734. The Morgan fingerprint density at radius 1 is 1.33 bits per heavy atom. The minimum atomic E-state index is -0.273. The fourth-order valence-corrected chi connectivity index (χ4v) is 2.67. The lowest BCUT2D eigenvalue weighted by molar-refractivity contribution is 0.0662. The molecule has 0 spiro atoms. The number of carbonyl (C=O) groups is 1. The summed E-state index contributed by atoms with van der Waals surface area (Å²) in [4.78, 5) is 12.7. The highest BCUT2D eigenvalue weighted by Gasteiger charge is 2.23. The first-order chi connectivity index (χ1) is 8.68. The zero-order valence-corrected chi connectivity index (χ0v) is 11.2. The maximum atomic E-state index is 12.0. The van der Waals surface area contributed by atoms with Crippen LogP contribution in [0, 0.1) is 5.92 Å². The largest absolute Gasteiger partial charge is 0.393 e. The Balaban J connectivity index is 1.90. The monoisotopic (exact) mass is 265 g/mol. The van der Waals surface area contributed by atoms with Gasteiger partial charge >= 0.3 is 0 Å². The van der Waals surface area contributed by atoms with E-state index in [1.165, 1.54) is 0 Å². The third-order valence-corrected chi connectivity index (χ3v) is 3.93. The molecular formula is C14H19NO2S. The van der Waals surface area contributed by atoms with Gasteiger partial charge in [-0.2, -0.15) is 0 Å². The van der Waals surface area contributed by atoms with Crippen molar-refractivity contribution in [3.05, 3.63) is 29.8 Å². The average Bonchev–Trinajstić information content (AvgIpc) is 2.38. The molecule has 0 heterocycles. The second kappa shape index (κ2) is 6.25. The van der Waals surface area contributed by atoms with E-state index in [1.807, 2.05) is 12.1 Å². The molecule has 0 radical (unpaired) electrons. The summed E-state index contributed by atoms with van der Waals surface area (Å²) >= 11 is 4.26. The number of nitrogens with one attached hydrogen (secondary N) is 1. The Labute approximate surface area is 113 Å². The van der Waals surface area contributed by atoms with Gasteiger partial charge in [0, 0.05) is 17.4 Å². The van der Waals surface area contributed by atoms with Crippen molar-refractivity contribution in [1.82, 2.24) is 5.32 Å². The van der Waals surface area contributed by atoms with Crippen molar-refractivity contribution in [1.29, 1.82) is 0 Å². The molecule has 2 rings (SSSR count). The molecule has 1 fully saturated rings. The van der Waals surface area contributed by atoms with E-state index in [0.29, 0.717) is 17.0 Å². The van der Waals surface area contributed by atoms with Gasteiger partial charge in [-0.15, -0.1) is 12.6 Å². The molecule has 1 aliphatic carbocycles. The van der Waals surface area contributed by atoms with Crippen molar-refractivity contribution in [2.45, 2.75) is 36.7 Å². The van der Waals surface area contributed by atoms with Crippen LogP contribution in [0.4, 0.5) is 0 Å². The van der Waals surface area contributed by atoms with Crippen LogP contribution in [-0.2, 0) is 0 Å².